The van der Waals surface area contributed by atoms with Crippen LogP contribution in [0.1, 0.15) is 0 Å². The Morgan fingerprint density at radius 1 is 0.431 bits per heavy atom. The summed E-state index contributed by atoms with van der Waals surface area (Å²) in [6.07, 6.45) is 0. The molecule has 0 saturated heterocycles. The van der Waals surface area contributed by atoms with E-state index in [0.717, 1.165) is 55.8 Å². The van der Waals surface area contributed by atoms with Gasteiger partial charge in [0.15, 0.2) is 0 Å². The monoisotopic (exact) mass is 758 g/mol. The van der Waals surface area contributed by atoms with E-state index in [1.54, 1.807) is 0 Å². The molecule has 0 fully saturated rings. The van der Waals surface area contributed by atoms with Gasteiger partial charge in [-0.05, 0) is 77.9 Å². The molecule has 58 heavy (non-hydrogen) atoms. The molecule has 0 radical (unpaired) electrons. The minimum Gasteiger partial charge on any atom is -0.455 e. The molecule has 272 valence electrons. The van der Waals surface area contributed by atoms with Crippen LogP contribution in [0.15, 0.2) is 211 Å². The van der Waals surface area contributed by atoms with E-state index in [1.807, 2.05) is 23.5 Å². The van der Waals surface area contributed by atoms with E-state index >= 15 is 0 Å². The van der Waals surface area contributed by atoms with Crippen molar-refractivity contribution < 1.29 is 4.42 Å². The van der Waals surface area contributed by atoms with Crippen molar-refractivity contribution in [2.45, 2.75) is 0 Å². The highest BCUT2D eigenvalue weighted by Crippen LogP contribution is 2.49. The Morgan fingerprint density at radius 2 is 1.07 bits per heavy atom. The molecule has 9 aromatic carbocycles. The molecule has 12 rings (SSSR count). The third kappa shape index (κ3) is 5.05. The Morgan fingerprint density at radius 3 is 1.86 bits per heavy atom. The molecule has 0 bridgehead atoms. The average molecular weight is 759 g/mol. The quantitative estimate of drug-likeness (QED) is 0.168. The van der Waals surface area contributed by atoms with E-state index in [9.17, 15) is 0 Å². The van der Waals surface area contributed by atoms with Crippen LogP contribution in [0.4, 0.5) is 17.1 Å². The van der Waals surface area contributed by atoms with Gasteiger partial charge in [-0.2, -0.15) is 0 Å². The second-order valence-corrected chi connectivity index (χ2v) is 15.9. The fourth-order valence-electron chi connectivity index (χ4n) is 9.01. The molecule has 0 N–H and O–H groups in total. The Balaban J connectivity index is 1.08. The van der Waals surface area contributed by atoms with Crippen LogP contribution in [0.3, 0.4) is 0 Å². The second kappa shape index (κ2) is 13.1. The van der Waals surface area contributed by atoms with Gasteiger partial charge in [-0.15, -0.1) is 11.3 Å². The highest BCUT2D eigenvalue weighted by atomic mass is 32.1. The Kier molecular flexibility index (Phi) is 7.40. The number of fused-ring (bicyclic) bond motifs is 9. The Labute approximate surface area is 338 Å². The number of nitrogens with zero attached hydrogens (tertiary/aromatic N) is 2. The van der Waals surface area contributed by atoms with E-state index in [1.165, 1.54) is 53.1 Å². The largest absolute Gasteiger partial charge is 0.455 e. The van der Waals surface area contributed by atoms with Crippen molar-refractivity contribution >= 4 is 92.3 Å². The first-order chi connectivity index (χ1) is 28.8. The van der Waals surface area contributed by atoms with Gasteiger partial charge < -0.3 is 13.9 Å². The predicted molar refractivity (Wildman–Crippen MR) is 247 cm³/mol. The zero-order valence-electron chi connectivity index (χ0n) is 31.3. The molecule has 4 heteroatoms. The van der Waals surface area contributed by atoms with Crippen molar-refractivity contribution in [3.63, 3.8) is 0 Å². The molecular weight excluding hydrogens is 725 g/mol. The fourth-order valence-corrected chi connectivity index (χ4v) is 10.3. The molecule has 0 amide bonds. The van der Waals surface area contributed by atoms with Gasteiger partial charge >= 0.3 is 0 Å². The summed E-state index contributed by atoms with van der Waals surface area (Å²) in [7, 11) is 0. The summed E-state index contributed by atoms with van der Waals surface area (Å²) < 4.78 is 11.5. The number of furan rings is 1. The smallest absolute Gasteiger partial charge is 0.143 e. The SMILES string of the molecule is c1ccc(N(c2cccc(-c3cccc4c3oc3ccccc34)c2)c2ccc3c(sc4ccccc43)c2-c2ccc(-n3c4ccccc4c4ccccc43)cc2)cc1. The lowest BCUT2D eigenvalue weighted by molar-refractivity contribution is 0.670. The van der Waals surface area contributed by atoms with Crippen LogP contribution in [-0.4, -0.2) is 4.57 Å². The van der Waals surface area contributed by atoms with Gasteiger partial charge in [0.1, 0.15) is 11.2 Å². The molecule has 0 aliphatic rings. The van der Waals surface area contributed by atoms with Gasteiger partial charge in [-0.3, -0.25) is 0 Å². The maximum absolute atomic E-state index is 6.53. The highest BCUT2D eigenvalue weighted by molar-refractivity contribution is 7.26. The number of hydrogen-bond acceptors (Lipinski definition) is 3. The van der Waals surface area contributed by atoms with Gasteiger partial charge in [0.2, 0.25) is 0 Å². The zero-order valence-corrected chi connectivity index (χ0v) is 32.2. The predicted octanol–water partition coefficient (Wildman–Crippen LogP) is 15.9. The standard InChI is InChI=1S/C54H34N2OS/c1-2-15-37(16-3-1)55(39-17-12-14-36(34-39)40-22-13-23-45-43-20-6-10-26-50(43)57-53(40)45)49-33-32-46-44-21-7-11-27-51(44)58-54(46)52(49)35-28-30-38(31-29-35)56-47-24-8-4-18-41(47)42-19-5-9-25-48(42)56/h1-34H. The first-order valence-corrected chi connectivity index (χ1v) is 20.5. The van der Waals surface area contributed by atoms with Crippen molar-refractivity contribution in [3.8, 4) is 27.9 Å². The first-order valence-electron chi connectivity index (χ1n) is 19.7. The first kappa shape index (κ1) is 32.8. The average Bonchev–Trinajstić information content (AvgIpc) is 3.97. The van der Waals surface area contributed by atoms with Crippen LogP contribution in [-0.2, 0) is 0 Å². The highest BCUT2D eigenvalue weighted by Gasteiger charge is 2.23. The summed E-state index contributed by atoms with van der Waals surface area (Å²) in [5.41, 5.74) is 13.2. The molecule has 3 nitrogen and oxygen atoms in total. The van der Waals surface area contributed by atoms with Crippen LogP contribution in [0, 0.1) is 0 Å². The summed E-state index contributed by atoms with van der Waals surface area (Å²) in [4.78, 5) is 2.42. The summed E-state index contributed by atoms with van der Waals surface area (Å²) in [5.74, 6) is 0. The van der Waals surface area contributed by atoms with Crippen LogP contribution in [0.2, 0.25) is 0 Å². The zero-order chi connectivity index (χ0) is 38.2. The molecule has 0 unspecified atom stereocenters. The number of para-hydroxylation sites is 5. The van der Waals surface area contributed by atoms with Crippen molar-refractivity contribution in [1.82, 2.24) is 4.57 Å². The van der Waals surface area contributed by atoms with Gasteiger partial charge in [-0.1, -0.05) is 140 Å². The lowest BCUT2D eigenvalue weighted by Crippen LogP contribution is -2.11. The van der Waals surface area contributed by atoms with Gasteiger partial charge in [-0.25, -0.2) is 0 Å². The normalized spacial score (nSPS) is 11.8. The molecule has 0 saturated carbocycles. The summed E-state index contributed by atoms with van der Waals surface area (Å²) >= 11 is 1.87. The molecule has 0 aliphatic carbocycles. The minimum absolute atomic E-state index is 0.900. The number of anilines is 3. The molecule has 0 atom stereocenters. The summed E-state index contributed by atoms with van der Waals surface area (Å²) in [5, 5.41) is 7.33. The third-order valence-corrected chi connectivity index (χ3v) is 12.8. The van der Waals surface area contributed by atoms with Crippen molar-refractivity contribution in [3.05, 3.63) is 206 Å². The molecule has 0 aliphatic heterocycles. The number of aromatic nitrogens is 1. The number of benzene rings is 9. The second-order valence-electron chi connectivity index (χ2n) is 14.9. The summed E-state index contributed by atoms with van der Waals surface area (Å²) in [6.45, 7) is 0. The third-order valence-electron chi connectivity index (χ3n) is 11.6. The minimum atomic E-state index is 0.900. The maximum atomic E-state index is 6.53. The van der Waals surface area contributed by atoms with Crippen molar-refractivity contribution in [2.75, 3.05) is 4.90 Å². The van der Waals surface area contributed by atoms with Gasteiger partial charge in [0.05, 0.1) is 16.7 Å². The molecule has 3 aromatic heterocycles. The van der Waals surface area contributed by atoms with Crippen molar-refractivity contribution in [2.24, 2.45) is 0 Å². The Bertz CT molecular complexity index is 3460. The van der Waals surface area contributed by atoms with E-state index in [0.29, 0.717) is 0 Å². The molecule has 0 spiro atoms. The van der Waals surface area contributed by atoms with Crippen molar-refractivity contribution in [1.29, 1.82) is 0 Å². The van der Waals surface area contributed by atoms with Crippen LogP contribution in [0.25, 0.3) is 91.9 Å². The van der Waals surface area contributed by atoms with Gasteiger partial charge in [0.25, 0.3) is 0 Å². The van der Waals surface area contributed by atoms with Crippen LogP contribution < -0.4 is 4.90 Å². The summed E-state index contributed by atoms with van der Waals surface area (Å²) in [6, 6.07) is 74.4. The molecular formula is C54H34N2OS. The van der Waals surface area contributed by atoms with Crippen LogP contribution >= 0.6 is 11.3 Å². The topological polar surface area (TPSA) is 21.3 Å². The number of rotatable bonds is 6. The molecule has 3 heterocycles. The van der Waals surface area contributed by atoms with E-state index in [-0.39, 0.29) is 0 Å². The van der Waals surface area contributed by atoms with E-state index in [4.69, 9.17) is 4.42 Å². The fraction of sp³-hybridized carbons (Fsp3) is 0. The molecule has 12 aromatic rings. The van der Waals surface area contributed by atoms with E-state index < -0.39 is 0 Å². The lowest BCUT2D eigenvalue weighted by Gasteiger charge is -2.28. The maximum Gasteiger partial charge on any atom is 0.143 e. The van der Waals surface area contributed by atoms with Crippen LogP contribution in [0.5, 0.6) is 0 Å². The number of hydrogen-bond donors (Lipinski definition) is 0. The lowest BCUT2D eigenvalue weighted by atomic mass is 9.97. The van der Waals surface area contributed by atoms with E-state index in [2.05, 4.69) is 204 Å². The van der Waals surface area contributed by atoms with Gasteiger partial charge in [0, 0.05) is 69.9 Å². The number of thiophene rings is 1. The Hall–Kier alpha value is -7.40.